The van der Waals surface area contributed by atoms with Crippen LogP contribution in [0.3, 0.4) is 0 Å². The highest BCUT2D eigenvalue weighted by Crippen LogP contribution is 2.53. The molecule has 3 amide bonds. The molecule has 5 rings (SSSR count). The molecule has 0 spiro atoms. The number of nitrogens with zero attached hydrogens (tertiary/aromatic N) is 1. The van der Waals surface area contributed by atoms with Gasteiger partial charge in [-0.3, -0.25) is 19.3 Å². The predicted molar refractivity (Wildman–Crippen MR) is 110 cm³/mol. The molecule has 2 aromatic rings. The Morgan fingerprint density at radius 2 is 1.59 bits per heavy atom. The molecule has 1 N–H and O–H groups in total. The Balaban J connectivity index is 1.29. The number of hydrogen-bond acceptors (Lipinski definition) is 3. The molecule has 2 aliphatic carbocycles. The number of benzene rings is 2. The van der Waals surface area contributed by atoms with Crippen LogP contribution in [0.2, 0.25) is 0 Å². The minimum Gasteiger partial charge on any atom is -0.326 e. The van der Waals surface area contributed by atoms with E-state index in [-0.39, 0.29) is 47.8 Å². The highest BCUT2D eigenvalue weighted by molar-refractivity contribution is 6.22. The lowest BCUT2D eigenvalue weighted by molar-refractivity contribution is -0.123. The van der Waals surface area contributed by atoms with Crippen LogP contribution in [0.4, 0.5) is 11.4 Å². The van der Waals surface area contributed by atoms with Gasteiger partial charge in [-0.15, -0.1) is 0 Å². The van der Waals surface area contributed by atoms with E-state index in [1.165, 1.54) is 4.90 Å². The normalized spacial score (nSPS) is 26.9. The molecule has 4 unspecified atom stereocenters. The first-order valence-corrected chi connectivity index (χ1v) is 10.0. The van der Waals surface area contributed by atoms with Crippen LogP contribution < -0.4 is 10.2 Å². The van der Waals surface area contributed by atoms with Crippen LogP contribution in [0, 0.1) is 30.6 Å². The van der Waals surface area contributed by atoms with Crippen LogP contribution >= 0.6 is 0 Å². The third-order valence-electron chi connectivity index (χ3n) is 6.45. The number of anilines is 2. The first-order valence-electron chi connectivity index (χ1n) is 10.0. The van der Waals surface area contributed by atoms with Crippen LogP contribution in [0.25, 0.3) is 0 Å². The third-order valence-corrected chi connectivity index (χ3v) is 6.45. The first kappa shape index (κ1) is 17.9. The van der Waals surface area contributed by atoms with E-state index in [4.69, 9.17) is 0 Å². The lowest BCUT2D eigenvalue weighted by atomic mass is 9.85. The largest absolute Gasteiger partial charge is 0.326 e. The number of carbonyl (C=O) groups excluding carboxylic acids is 3. The van der Waals surface area contributed by atoms with Crippen molar-refractivity contribution < 1.29 is 14.4 Å². The lowest BCUT2D eigenvalue weighted by Crippen LogP contribution is -2.32. The molecule has 3 aliphatic rings. The molecule has 2 bridgehead atoms. The van der Waals surface area contributed by atoms with Crippen molar-refractivity contribution in [3.8, 4) is 0 Å². The van der Waals surface area contributed by atoms with E-state index >= 15 is 0 Å². The number of rotatable bonds is 4. The summed E-state index contributed by atoms with van der Waals surface area (Å²) in [6.07, 6.45) is 5.35. The first-order chi connectivity index (χ1) is 14.0. The van der Waals surface area contributed by atoms with E-state index in [1.54, 1.807) is 12.1 Å². The molecule has 5 heteroatoms. The van der Waals surface area contributed by atoms with E-state index in [0.29, 0.717) is 5.69 Å². The summed E-state index contributed by atoms with van der Waals surface area (Å²) in [5.74, 6) is -0.248. The van der Waals surface area contributed by atoms with Gasteiger partial charge in [0.15, 0.2) is 0 Å². The Labute approximate surface area is 169 Å². The Hall–Kier alpha value is -3.21. The number of para-hydroxylation sites is 1. The van der Waals surface area contributed by atoms with E-state index in [0.717, 1.165) is 23.2 Å². The number of fused-ring (bicyclic) bond motifs is 5. The van der Waals surface area contributed by atoms with Gasteiger partial charge in [-0.1, -0.05) is 42.5 Å². The number of aryl methyl sites for hydroxylation is 1. The van der Waals surface area contributed by atoms with Gasteiger partial charge in [0, 0.05) is 5.69 Å². The highest BCUT2D eigenvalue weighted by Gasteiger charge is 2.59. The van der Waals surface area contributed by atoms with E-state index < -0.39 is 0 Å². The summed E-state index contributed by atoms with van der Waals surface area (Å²) in [6, 6.07) is 14.8. The smallest absolute Gasteiger partial charge is 0.238 e. The lowest BCUT2D eigenvalue weighted by Gasteiger charge is -2.17. The average Bonchev–Trinajstić information content (AvgIpc) is 3.38. The summed E-state index contributed by atoms with van der Waals surface area (Å²) in [5.41, 5.74) is 3.24. The summed E-state index contributed by atoms with van der Waals surface area (Å²) in [5, 5.41) is 2.92. The van der Waals surface area contributed by atoms with Crippen molar-refractivity contribution >= 4 is 29.1 Å². The van der Waals surface area contributed by atoms with E-state index in [9.17, 15) is 14.4 Å². The molecule has 4 atom stereocenters. The second-order valence-electron chi connectivity index (χ2n) is 8.22. The van der Waals surface area contributed by atoms with Gasteiger partial charge < -0.3 is 5.32 Å². The number of allylic oxidation sites excluding steroid dienone is 2. The zero-order valence-corrected chi connectivity index (χ0v) is 16.2. The van der Waals surface area contributed by atoms with Crippen molar-refractivity contribution in [2.45, 2.75) is 19.8 Å². The third kappa shape index (κ3) is 2.89. The van der Waals surface area contributed by atoms with E-state index in [1.807, 2.05) is 43.3 Å². The molecule has 1 heterocycles. The molecule has 1 aliphatic heterocycles. The maximum Gasteiger partial charge on any atom is 0.238 e. The van der Waals surface area contributed by atoms with Gasteiger partial charge in [0.25, 0.3) is 0 Å². The minimum atomic E-state index is -0.197. The molecule has 5 nitrogen and oxygen atoms in total. The zero-order valence-electron chi connectivity index (χ0n) is 16.2. The summed E-state index contributed by atoms with van der Waals surface area (Å²) in [7, 11) is 0. The van der Waals surface area contributed by atoms with Crippen LogP contribution in [0.1, 0.15) is 17.5 Å². The van der Waals surface area contributed by atoms with Gasteiger partial charge in [-0.05, 0) is 54.5 Å². The van der Waals surface area contributed by atoms with Crippen LogP contribution in [-0.4, -0.2) is 17.7 Å². The van der Waals surface area contributed by atoms with Gasteiger partial charge in [-0.2, -0.15) is 0 Å². The summed E-state index contributed by atoms with van der Waals surface area (Å²) < 4.78 is 0. The fourth-order valence-electron chi connectivity index (χ4n) is 5.01. The van der Waals surface area contributed by atoms with Gasteiger partial charge in [0.1, 0.15) is 0 Å². The fourth-order valence-corrected chi connectivity index (χ4v) is 5.01. The SMILES string of the molecule is Cc1ccccc1NC(=O)Cc1ccc(N2C(=O)C3C4C=CC(C4)C3C2=O)cc1. The maximum absolute atomic E-state index is 12.9. The number of amides is 3. The van der Waals surface area contributed by atoms with Gasteiger partial charge in [0.2, 0.25) is 17.7 Å². The molecule has 29 heavy (non-hydrogen) atoms. The Morgan fingerprint density at radius 3 is 2.21 bits per heavy atom. The Morgan fingerprint density at radius 1 is 0.966 bits per heavy atom. The number of nitrogens with one attached hydrogen (secondary N) is 1. The molecule has 0 radical (unpaired) electrons. The molecular weight excluding hydrogens is 364 g/mol. The van der Waals surface area contributed by atoms with Crippen molar-refractivity contribution in [1.82, 2.24) is 0 Å². The second-order valence-corrected chi connectivity index (χ2v) is 8.22. The van der Waals surface area contributed by atoms with Gasteiger partial charge >= 0.3 is 0 Å². The van der Waals surface area contributed by atoms with Crippen molar-refractivity contribution in [2.75, 3.05) is 10.2 Å². The van der Waals surface area contributed by atoms with Crippen LogP contribution in [0.5, 0.6) is 0 Å². The van der Waals surface area contributed by atoms with E-state index in [2.05, 4.69) is 17.5 Å². The van der Waals surface area contributed by atoms with Crippen LogP contribution in [0.15, 0.2) is 60.7 Å². The zero-order chi connectivity index (χ0) is 20.1. The van der Waals surface area contributed by atoms with Gasteiger partial charge in [-0.25, -0.2) is 0 Å². The Bertz CT molecular complexity index is 1010. The summed E-state index contributed by atoms with van der Waals surface area (Å²) >= 11 is 0. The van der Waals surface area contributed by atoms with Crippen molar-refractivity contribution in [3.05, 3.63) is 71.8 Å². The van der Waals surface area contributed by atoms with Gasteiger partial charge in [0.05, 0.1) is 23.9 Å². The molecule has 1 saturated carbocycles. The molecule has 2 fully saturated rings. The summed E-state index contributed by atoms with van der Waals surface area (Å²) in [4.78, 5) is 39.5. The number of hydrogen-bond donors (Lipinski definition) is 1. The second kappa shape index (κ2) is 6.69. The molecular formula is C24H22N2O3. The summed E-state index contributed by atoms with van der Waals surface area (Å²) in [6.45, 7) is 1.95. The minimum absolute atomic E-state index is 0.0816. The molecule has 1 saturated heterocycles. The fraction of sp³-hybridized carbons (Fsp3) is 0.292. The van der Waals surface area contributed by atoms with Crippen molar-refractivity contribution in [3.63, 3.8) is 0 Å². The molecule has 2 aromatic carbocycles. The standard InChI is InChI=1S/C24H22N2O3/c1-14-4-2-3-5-19(14)25-20(27)12-15-6-10-18(11-7-15)26-23(28)21-16-8-9-17(13-16)22(21)24(26)29/h2-11,16-17,21-22H,12-13H2,1H3,(H,25,27). The maximum atomic E-state index is 12.9. The number of carbonyl (C=O) groups is 3. The topological polar surface area (TPSA) is 66.5 Å². The van der Waals surface area contributed by atoms with Crippen molar-refractivity contribution in [2.24, 2.45) is 23.7 Å². The average molecular weight is 386 g/mol. The van der Waals surface area contributed by atoms with Crippen molar-refractivity contribution in [1.29, 1.82) is 0 Å². The quantitative estimate of drug-likeness (QED) is 0.646. The number of imide groups is 1. The molecule has 0 aromatic heterocycles. The monoisotopic (exact) mass is 386 g/mol. The predicted octanol–water partition coefficient (Wildman–Crippen LogP) is 3.49. The molecule has 146 valence electrons. The Kier molecular flexibility index (Phi) is 4.12. The van der Waals surface area contributed by atoms with Crippen LogP contribution in [-0.2, 0) is 20.8 Å². The highest BCUT2D eigenvalue weighted by atomic mass is 16.2.